The first-order valence-electron chi connectivity index (χ1n) is 5.44. The topological polar surface area (TPSA) is 105 Å². The van der Waals surface area contributed by atoms with Gasteiger partial charge in [-0.25, -0.2) is 4.79 Å². The molecule has 0 fully saturated rings. The maximum absolute atomic E-state index is 11.9. The van der Waals surface area contributed by atoms with E-state index in [9.17, 15) is 13.2 Å². The maximum atomic E-state index is 11.9. The van der Waals surface area contributed by atoms with Gasteiger partial charge in [0.25, 0.3) is 0 Å². The molecule has 1 unspecified atom stereocenters. The van der Waals surface area contributed by atoms with Crippen LogP contribution in [0.5, 0.6) is 0 Å². The zero-order chi connectivity index (χ0) is 14.0. The number of carboxylic acids is 1. The molecule has 1 atom stereocenters. The molecule has 0 aliphatic carbocycles. The third-order valence-electron chi connectivity index (χ3n) is 2.54. The first-order valence-corrected chi connectivity index (χ1v) is 6.85. The van der Waals surface area contributed by atoms with E-state index >= 15 is 0 Å². The minimum Gasteiger partial charge on any atom is -0.480 e. The summed E-state index contributed by atoms with van der Waals surface area (Å²) in [4.78, 5) is 10.7. The van der Waals surface area contributed by atoms with Gasteiger partial charge in [-0.1, -0.05) is 17.7 Å². The molecule has 102 valence electrons. The van der Waals surface area contributed by atoms with Crippen LogP contribution in [0.2, 0.25) is 0 Å². The van der Waals surface area contributed by atoms with E-state index in [1.807, 2.05) is 6.92 Å². The smallest absolute Gasteiger partial charge is 0.340 e. The molecule has 1 heterocycles. The fraction of sp³-hybridized carbons (Fsp3) is 0.273. The Labute approximate surface area is 110 Å². The largest absolute Gasteiger partial charge is 0.480 e. The first-order chi connectivity index (χ1) is 8.88. The molecule has 1 aliphatic rings. The van der Waals surface area contributed by atoms with Crippen LogP contribution in [0, 0.1) is 6.92 Å². The Kier molecular flexibility index (Phi) is 3.43. The van der Waals surface area contributed by atoms with Crippen molar-refractivity contribution in [1.29, 1.82) is 0 Å². The Bertz CT molecular complexity index is 621. The van der Waals surface area contributed by atoms with Gasteiger partial charge in [0.05, 0.1) is 6.42 Å². The summed E-state index contributed by atoms with van der Waals surface area (Å²) >= 11 is 0. The Balaban J connectivity index is 2.11. The van der Waals surface area contributed by atoms with Crippen LogP contribution in [0.3, 0.4) is 0 Å². The number of carboxylic acid groups (broad SMARTS) is 1. The molecule has 0 spiro atoms. The molecule has 1 aliphatic heterocycles. The van der Waals surface area contributed by atoms with E-state index in [0.717, 1.165) is 5.56 Å². The van der Waals surface area contributed by atoms with Crippen molar-refractivity contribution in [2.24, 2.45) is 5.10 Å². The highest BCUT2D eigenvalue weighted by Crippen LogP contribution is 2.16. The number of nitrogens with one attached hydrogen (secondary N) is 1. The molecule has 1 aromatic carbocycles. The van der Waals surface area contributed by atoms with Crippen LogP contribution < -0.4 is 5.43 Å². The molecule has 19 heavy (non-hydrogen) atoms. The maximum Gasteiger partial charge on any atom is 0.340 e. The molecule has 7 nitrogen and oxygen atoms in total. The third kappa shape index (κ3) is 3.02. The highest BCUT2D eigenvalue weighted by Gasteiger charge is 2.29. The number of aliphatic carboxylic acids is 1. The quantitative estimate of drug-likeness (QED) is 0.781. The van der Waals surface area contributed by atoms with E-state index in [1.54, 1.807) is 12.1 Å². The third-order valence-corrected chi connectivity index (χ3v) is 3.80. The molecule has 1 aromatic rings. The number of nitrogens with zero attached hydrogens (tertiary/aromatic N) is 1. The van der Waals surface area contributed by atoms with Crippen LogP contribution in [0.25, 0.3) is 0 Å². The molecular weight excluding hydrogens is 272 g/mol. The van der Waals surface area contributed by atoms with Crippen LogP contribution in [-0.2, 0) is 19.1 Å². The summed E-state index contributed by atoms with van der Waals surface area (Å²) in [7, 11) is -3.97. The number of carbonyl (C=O) groups is 1. The van der Waals surface area contributed by atoms with Gasteiger partial charge in [0.1, 0.15) is 10.9 Å². The van der Waals surface area contributed by atoms with E-state index < -0.39 is 22.1 Å². The molecule has 0 saturated carbocycles. The number of aryl methyl sites for hydroxylation is 1. The second-order valence-corrected chi connectivity index (χ2v) is 5.63. The lowest BCUT2D eigenvalue weighted by atomic mass is 10.2. The van der Waals surface area contributed by atoms with Crippen LogP contribution in [0.15, 0.2) is 34.3 Å². The minimum absolute atomic E-state index is 0.000394. The van der Waals surface area contributed by atoms with Crippen LogP contribution in [-0.4, -0.2) is 31.4 Å². The van der Waals surface area contributed by atoms with Crippen molar-refractivity contribution < 1.29 is 22.5 Å². The van der Waals surface area contributed by atoms with Gasteiger partial charge in [-0.05, 0) is 19.1 Å². The molecular formula is C11H12N2O5S. The van der Waals surface area contributed by atoms with Gasteiger partial charge in [-0.15, -0.1) is 5.10 Å². The zero-order valence-electron chi connectivity index (χ0n) is 10.0. The van der Waals surface area contributed by atoms with Crippen molar-refractivity contribution in [2.45, 2.75) is 24.3 Å². The predicted octanol–water partition coefficient (Wildman–Crippen LogP) is 0.460. The monoisotopic (exact) mass is 284 g/mol. The van der Waals surface area contributed by atoms with E-state index in [-0.39, 0.29) is 17.2 Å². The number of hydrogen-bond acceptors (Lipinski definition) is 6. The van der Waals surface area contributed by atoms with Crippen molar-refractivity contribution in [2.75, 3.05) is 0 Å². The van der Waals surface area contributed by atoms with Gasteiger partial charge in [0.2, 0.25) is 5.90 Å². The zero-order valence-corrected chi connectivity index (χ0v) is 10.8. The van der Waals surface area contributed by atoms with E-state index in [2.05, 4.69) is 10.5 Å². The first kappa shape index (κ1) is 13.3. The van der Waals surface area contributed by atoms with Crippen LogP contribution in [0.4, 0.5) is 0 Å². The number of hydrogen-bond donors (Lipinski definition) is 2. The average Bonchev–Trinajstić information content (AvgIpc) is 2.77. The highest BCUT2D eigenvalue weighted by atomic mass is 32.2. The van der Waals surface area contributed by atoms with Crippen molar-refractivity contribution in [3.63, 3.8) is 0 Å². The second-order valence-electron chi connectivity index (χ2n) is 4.08. The predicted molar refractivity (Wildman–Crippen MR) is 66.1 cm³/mol. The lowest BCUT2D eigenvalue weighted by Gasteiger charge is -2.06. The Morgan fingerprint density at radius 2 is 2.05 bits per heavy atom. The fourth-order valence-corrected chi connectivity index (χ4v) is 2.41. The summed E-state index contributed by atoms with van der Waals surface area (Å²) in [5, 5.41) is 12.3. The summed E-state index contributed by atoms with van der Waals surface area (Å²) in [5.74, 6) is -1.27. The van der Waals surface area contributed by atoms with Gasteiger partial charge in [0, 0.05) is 0 Å². The Morgan fingerprint density at radius 1 is 1.42 bits per heavy atom. The summed E-state index contributed by atoms with van der Waals surface area (Å²) < 4.78 is 28.6. The normalized spacial score (nSPS) is 18.6. The number of benzene rings is 1. The van der Waals surface area contributed by atoms with Crippen molar-refractivity contribution >= 4 is 22.0 Å². The summed E-state index contributed by atoms with van der Waals surface area (Å²) in [5.41, 5.74) is 3.21. The Morgan fingerprint density at radius 3 is 2.58 bits per heavy atom. The number of hydrazone groups is 1. The van der Waals surface area contributed by atoms with Gasteiger partial charge in [0.15, 0.2) is 0 Å². The standard InChI is InChI=1S/C11H12N2O5S/c1-7-2-4-8(5-3-7)19(16,17)18-10-6-9(11(14)15)12-13-10/h2-5,9,12H,6H2,1H3,(H,14,15). The SMILES string of the molecule is Cc1ccc(S(=O)(=O)OC2=NNC(C(=O)O)C2)cc1. The second kappa shape index (κ2) is 4.88. The molecule has 0 bridgehead atoms. The number of rotatable bonds is 3. The van der Waals surface area contributed by atoms with E-state index in [4.69, 9.17) is 9.29 Å². The fourth-order valence-electron chi connectivity index (χ4n) is 1.49. The van der Waals surface area contributed by atoms with Gasteiger partial charge >= 0.3 is 16.1 Å². The lowest BCUT2D eigenvalue weighted by molar-refractivity contribution is -0.139. The molecule has 8 heteroatoms. The molecule has 2 rings (SSSR count). The average molecular weight is 284 g/mol. The molecule has 2 N–H and O–H groups in total. The van der Waals surface area contributed by atoms with E-state index in [1.165, 1.54) is 12.1 Å². The lowest BCUT2D eigenvalue weighted by Crippen LogP contribution is -2.29. The molecule has 0 radical (unpaired) electrons. The minimum atomic E-state index is -3.97. The van der Waals surface area contributed by atoms with Crippen LogP contribution in [0.1, 0.15) is 12.0 Å². The summed E-state index contributed by atoms with van der Waals surface area (Å²) in [6.45, 7) is 1.83. The highest BCUT2D eigenvalue weighted by molar-refractivity contribution is 7.87. The molecule has 0 saturated heterocycles. The Hall–Kier alpha value is -2.09. The van der Waals surface area contributed by atoms with Gasteiger partial charge in [-0.3, -0.25) is 5.43 Å². The molecule has 0 amide bonds. The molecule has 0 aromatic heterocycles. The van der Waals surface area contributed by atoms with Crippen molar-refractivity contribution in [3.8, 4) is 0 Å². The van der Waals surface area contributed by atoms with Crippen molar-refractivity contribution in [1.82, 2.24) is 5.43 Å². The van der Waals surface area contributed by atoms with E-state index in [0.29, 0.717) is 0 Å². The van der Waals surface area contributed by atoms with Crippen molar-refractivity contribution in [3.05, 3.63) is 29.8 Å². The summed E-state index contributed by atoms with van der Waals surface area (Å²) in [6.07, 6.45) is -0.111. The summed E-state index contributed by atoms with van der Waals surface area (Å²) in [6, 6.07) is 5.17. The van der Waals surface area contributed by atoms with Gasteiger partial charge in [-0.2, -0.15) is 8.42 Å². The van der Waals surface area contributed by atoms with Crippen LogP contribution >= 0.6 is 0 Å². The van der Waals surface area contributed by atoms with Gasteiger partial charge < -0.3 is 9.29 Å².